The zero-order chi connectivity index (χ0) is 14.9. The van der Waals surface area contributed by atoms with E-state index in [0.29, 0.717) is 31.3 Å². The van der Waals surface area contributed by atoms with E-state index in [-0.39, 0.29) is 0 Å². The molecule has 1 N–H and O–H groups in total. The van der Waals surface area contributed by atoms with Crippen LogP contribution in [0.4, 0.5) is 13.2 Å². The maximum absolute atomic E-state index is 12.6. The first-order chi connectivity index (χ1) is 10.0. The highest BCUT2D eigenvalue weighted by molar-refractivity contribution is 7.07. The molecular weight excluding hydrogens is 301 g/mol. The largest absolute Gasteiger partial charge is 0.434 e. The minimum absolute atomic E-state index is 0.325. The third-order valence-electron chi connectivity index (χ3n) is 3.60. The lowest BCUT2D eigenvalue weighted by molar-refractivity contribution is -0.141. The molecule has 0 saturated carbocycles. The van der Waals surface area contributed by atoms with Gasteiger partial charge in [-0.15, -0.1) is 11.3 Å². The van der Waals surface area contributed by atoms with Crippen molar-refractivity contribution in [3.8, 4) is 0 Å². The summed E-state index contributed by atoms with van der Waals surface area (Å²) in [5, 5.41) is 5.30. The lowest BCUT2D eigenvalue weighted by Crippen LogP contribution is -2.29. The monoisotopic (exact) mass is 316 g/mol. The van der Waals surface area contributed by atoms with Crippen molar-refractivity contribution in [2.24, 2.45) is 5.92 Å². The van der Waals surface area contributed by atoms with Crippen LogP contribution in [-0.4, -0.2) is 21.1 Å². The number of hydrogen-bond donors (Lipinski definition) is 1. The summed E-state index contributed by atoms with van der Waals surface area (Å²) in [6.07, 6.45) is -1.78. The van der Waals surface area contributed by atoms with Crippen LogP contribution in [-0.2, 0) is 25.7 Å². The summed E-state index contributed by atoms with van der Waals surface area (Å²) in [5.74, 6) is 0.865. The molecule has 3 heterocycles. The number of thiazole rings is 1. The molecule has 1 atom stereocenters. The Balaban J connectivity index is 1.56. The van der Waals surface area contributed by atoms with Gasteiger partial charge in [-0.25, -0.2) is 9.97 Å². The number of fused-ring (bicyclic) bond motifs is 1. The van der Waals surface area contributed by atoms with E-state index in [4.69, 9.17) is 0 Å². The van der Waals surface area contributed by atoms with Crippen LogP contribution < -0.4 is 5.32 Å². The van der Waals surface area contributed by atoms with Crippen molar-refractivity contribution >= 4 is 11.3 Å². The second-order valence-corrected chi connectivity index (χ2v) is 5.93. The standard InChI is InChI=1S/C13H15F3N4S/c14-13(15,16)11-6-20-5-9(1-2-12(20)19-11)3-17-4-10-7-21-8-18-10/h6-9,17H,1-5H2/t9-/m0/s1. The maximum atomic E-state index is 12.6. The Labute approximate surface area is 124 Å². The van der Waals surface area contributed by atoms with E-state index < -0.39 is 11.9 Å². The van der Waals surface area contributed by atoms with E-state index in [1.807, 2.05) is 5.38 Å². The molecule has 0 aliphatic carbocycles. The number of halogens is 3. The molecule has 3 rings (SSSR count). The summed E-state index contributed by atoms with van der Waals surface area (Å²) >= 11 is 1.55. The smallest absolute Gasteiger partial charge is 0.334 e. The molecule has 0 bridgehead atoms. The van der Waals surface area contributed by atoms with Gasteiger partial charge in [-0.1, -0.05) is 0 Å². The van der Waals surface area contributed by atoms with Crippen molar-refractivity contribution in [1.29, 1.82) is 0 Å². The van der Waals surface area contributed by atoms with Gasteiger partial charge < -0.3 is 9.88 Å². The molecule has 2 aromatic heterocycles. The average molecular weight is 316 g/mol. The Morgan fingerprint density at radius 2 is 2.29 bits per heavy atom. The third-order valence-corrected chi connectivity index (χ3v) is 4.24. The lowest BCUT2D eigenvalue weighted by Gasteiger charge is -2.23. The van der Waals surface area contributed by atoms with Gasteiger partial charge in [0, 0.05) is 37.6 Å². The predicted molar refractivity (Wildman–Crippen MR) is 72.9 cm³/mol. The highest BCUT2D eigenvalue weighted by Crippen LogP contribution is 2.30. The number of aromatic nitrogens is 3. The molecule has 4 nitrogen and oxygen atoms in total. The Morgan fingerprint density at radius 1 is 1.43 bits per heavy atom. The molecule has 0 saturated heterocycles. The summed E-state index contributed by atoms with van der Waals surface area (Å²) < 4.78 is 39.6. The molecule has 114 valence electrons. The fourth-order valence-corrected chi connectivity index (χ4v) is 3.11. The van der Waals surface area contributed by atoms with E-state index >= 15 is 0 Å². The van der Waals surface area contributed by atoms with Crippen LogP contribution >= 0.6 is 11.3 Å². The molecule has 0 aromatic carbocycles. The number of nitrogens with zero attached hydrogens (tertiary/aromatic N) is 3. The fraction of sp³-hybridized carbons (Fsp3) is 0.538. The number of aryl methyl sites for hydroxylation is 1. The second kappa shape index (κ2) is 5.76. The van der Waals surface area contributed by atoms with Crippen molar-refractivity contribution < 1.29 is 13.2 Å². The maximum Gasteiger partial charge on any atom is 0.434 e. The van der Waals surface area contributed by atoms with Gasteiger partial charge in [0.15, 0.2) is 5.69 Å². The number of imidazole rings is 1. The van der Waals surface area contributed by atoms with Crippen LogP contribution in [0.5, 0.6) is 0 Å². The zero-order valence-electron chi connectivity index (χ0n) is 11.2. The number of hydrogen-bond acceptors (Lipinski definition) is 4. The van der Waals surface area contributed by atoms with Crippen LogP contribution in [0, 0.1) is 5.92 Å². The second-order valence-electron chi connectivity index (χ2n) is 5.21. The molecule has 21 heavy (non-hydrogen) atoms. The van der Waals surface area contributed by atoms with E-state index in [9.17, 15) is 13.2 Å². The van der Waals surface area contributed by atoms with Crippen LogP contribution in [0.1, 0.15) is 23.6 Å². The van der Waals surface area contributed by atoms with Gasteiger partial charge in [0.05, 0.1) is 11.2 Å². The average Bonchev–Trinajstić information content (AvgIpc) is 3.05. The molecule has 0 radical (unpaired) electrons. The number of nitrogens with one attached hydrogen (secondary N) is 1. The number of alkyl halides is 3. The van der Waals surface area contributed by atoms with Crippen molar-refractivity contribution in [2.75, 3.05) is 6.54 Å². The Kier molecular flexibility index (Phi) is 3.99. The van der Waals surface area contributed by atoms with Crippen molar-refractivity contribution in [3.05, 3.63) is 34.3 Å². The summed E-state index contributed by atoms with van der Waals surface area (Å²) in [5.41, 5.74) is 2.00. The third kappa shape index (κ3) is 3.44. The first kappa shape index (κ1) is 14.5. The summed E-state index contributed by atoms with van der Waals surface area (Å²) in [4.78, 5) is 7.87. The van der Waals surface area contributed by atoms with Crippen LogP contribution in [0.2, 0.25) is 0 Å². The highest BCUT2D eigenvalue weighted by atomic mass is 32.1. The molecular formula is C13H15F3N4S. The normalized spacial score (nSPS) is 18.7. The van der Waals surface area contributed by atoms with E-state index in [1.165, 1.54) is 0 Å². The van der Waals surface area contributed by atoms with Gasteiger partial charge in [-0.05, 0) is 12.3 Å². The summed E-state index contributed by atoms with van der Waals surface area (Å²) in [6.45, 7) is 2.06. The summed E-state index contributed by atoms with van der Waals surface area (Å²) in [7, 11) is 0. The molecule has 0 unspecified atom stereocenters. The van der Waals surface area contributed by atoms with Crippen LogP contribution in [0.15, 0.2) is 17.1 Å². The van der Waals surface area contributed by atoms with E-state index in [0.717, 1.165) is 24.9 Å². The highest BCUT2D eigenvalue weighted by Gasteiger charge is 2.35. The van der Waals surface area contributed by atoms with Gasteiger partial charge in [0.2, 0.25) is 0 Å². The molecule has 0 amide bonds. The molecule has 0 fully saturated rings. The molecule has 8 heteroatoms. The van der Waals surface area contributed by atoms with Crippen LogP contribution in [0.25, 0.3) is 0 Å². The molecule has 1 aliphatic rings. The first-order valence-corrected chi connectivity index (χ1v) is 7.67. The van der Waals surface area contributed by atoms with Gasteiger partial charge >= 0.3 is 6.18 Å². The van der Waals surface area contributed by atoms with Crippen molar-refractivity contribution in [3.63, 3.8) is 0 Å². The molecule has 0 spiro atoms. The van der Waals surface area contributed by atoms with Crippen molar-refractivity contribution in [2.45, 2.75) is 32.1 Å². The van der Waals surface area contributed by atoms with E-state index in [2.05, 4.69) is 15.3 Å². The number of rotatable bonds is 4. The Bertz CT molecular complexity index is 591. The fourth-order valence-electron chi connectivity index (χ4n) is 2.55. The molecule has 1 aliphatic heterocycles. The zero-order valence-corrected chi connectivity index (χ0v) is 12.0. The quantitative estimate of drug-likeness (QED) is 0.943. The minimum Gasteiger partial charge on any atom is -0.334 e. The van der Waals surface area contributed by atoms with Crippen LogP contribution in [0.3, 0.4) is 0 Å². The minimum atomic E-state index is -4.36. The van der Waals surface area contributed by atoms with E-state index in [1.54, 1.807) is 21.4 Å². The van der Waals surface area contributed by atoms with Gasteiger partial charge in [-0.3, -0.25) is 0 Å². The SMILES string of the molecule is FC(F)(F)c1cn2c(n1)CC[C@@H](CNCc1cscn1)C2. The summed E-state index contributed by atoms with van der Waals surface area (Å²) in [6, 6.07) is 0. The molecule has 2 aromatic rings. The van der Waals surface area contributed by atoms with Crippen molar-refractivity contribution in [1.82, 2.24) is 19.9 Å². The van der Waals surface area contributed by atoms with Gasteiger partial charge in [-0.2, -0.15) is 13.2 Å². The topological polar surface area (TPSA) is 42.7 Å². The Hall–Kier alpha value is -1.41. The Morgan fingerprint density at radius 3 is 3.00 bits per heavy atom. The van der Waals surface area contributed by atoms with Gasteiger partial charge in [0.1, 0.15) is 5.82 Å². The lowest BCUT2D eigenvalue weighted by atomic mass is 9.99. The first-order valence-electron chi connectivity index (χ1n) is 6.73. The predicted octanol–water partition coefficient (Wildman–Crippen LogP) is 2.71. The van der Waals surface area contributed by atoms with Gasteiger partial charge in [0.25, 0.3) is 0 Å².